The van der Waals surface area contributed by atoms with Gasteiger partial charge in [-0.25, -0.2) is 0 Å². The molecule has 1 aromatic rings. The lowest BCUT2D eigenvalue weighted by Crippen LogP contribution is -2.49. The molecule has 0 spiro atoms. The van der Waals surface area contributed by atoms with Gasteiger partial charge in [0.2, 0.25) is 11.8 Å². The molecule has 0 unspecified atom stereocenters. The standard InChI is InChI=1S/C23H33N3O2/c1-20(27)24(14-12-21-8-4-2-5-9-21)15-13-23(28)26-18-16-25(17-19-26)22-10-6-3-7-11-22/h3,6-8,10-11H,2,4-5,9,12-19H2,1H3. The SMILES string of the molecule is CC(=O)N(CCC(=O)N1CCN(c2ccccc2)CC1)CCC1=CCCCC1. The number of benzene rings is 1. The second-order valence-electron chi connectivity index (χ2n) is 7.82. The highest BCUT2D eigenvalue weighted by molar-refractivity contribution is 5.78. The summed E-state index contributed by atoms with van der Waals surface area (Å²) in [4.78, 5) is 30.7. The van der Waals surface area contributed by atoms with E-state index >= 15 is 0 Å². The number of rotatable bonds is 7. The van der Waals surface area contributed by atoms with Gasteiger partial charge in [0.1, 0.15) is 0 Å². The zero-order valence-electron chi connectivity index (χ0n) is 17.1. The van der Waals surface area contributed by atoms with E-state index in [1.54, 1.807) is 6.92 Å². The lowest BCUT2D eigenvalue weighted by Gasteiger charge is -2.36. The zero-order valence-corrected chi connectivity index (χ0v) is 17.1. The van der Waals surface area contributed by atoms with E-state index in [4.69, 9.17) is 0 Å². The van der Waals surface area contributed by atoms with Crippen molar-refractivity contribution in [2.24, 2.45) is 0 Å². The van der Waals surface area contributed by atoms with Crippen molar-refractivity contribution in [3.05, 3.63) is 42.0 Å². The van der Waals surface area contributed by atoms with E-state index in [0.717, 1.165) is 45.6 Å². The first-order valence-corrected chi connectivity index (χ1v) is 10.6. The van der Waals surface area contributed by atoms with E-state index < -0.39 is 0 Å². The molecule has 2 aliphatic rings. The first-order valence-electron chi connectivity index (χ1n) is 10.6. The molecule has 0 aromatic heterocycles. The summed E-state index contributed by atoms with van der Waals surface area (Å²) in [6.07, 6.45) is 8.58. The molecule has 1 aliphatic heterocycles. The predicted octanol–water partition coefficient (Wildman–Crippen LogP) is 3.46. The maximum atomic E-state index is 12.6. The maximum Gasteiger partial charge on any atom is 0.224 e. The van der Waals surface area contributed by atoms with Crippen LogP contribution in [0.15, 0.2) is 42.0 Å². The molecule has 0 saturated carbocycles. The summed E-state index contributed by atoms with van der Waals surface area (Å²) in [5, 5.41) is 0. The molecule has 1 fully saturated rings. The summed E-state index contributed by atoms with van der Waals surface area (Å²) >= 11 is 0. The Morgan fingerprint density at radius 3 is 2.39 bits per heavy atom. The van der Waals surface area contributed by atoms with Crippen LogP contribution < -0.4 is 4.90 Å². The summed E-state index contributed by atoms with van der Waals surface area (Å²) in [5.41, 5.74) is 2.69. The van der Waals surface area contributed by atoms with E-state index in [1.165, 1.54) is 30.5 Å². The number of piperazine rings is 1. The maximum absolute atomic E-state index is 12.6. The first-order chi connectivity index (χ1) is 13.6. The molecule has 1 aromatic carbocycles. The molecule has 3 rings (SSSR count). The van der Waals surface area contributed by atoms with Gasteiger partial charge < -0.3 is 14.7 Å². The summed E-state index contributed by atoms with van der Waals surface area (Å²) in [5.74, 6) is 0.231. The highest BCUT2D eigenvalue weighted by Gasteiger charge is 2.22. The van der Waals surface area contributed by atoms with Crippen LogP contribution in [0.2, 0.25) is 0 Å². The third-order valence-electron chi connectivity index (χ3n) is 5.88. The molecule has 5 heteroatoms. The number of amides is 2. The van der Waals surface area contributed by atoms with Crippen LogP contribution in [0.3, 0.4) is 0 Å². The van der Waals surface area contributed by atoms with Gasteiger partial charge >= 0.3 is 0 Å². The topological polar surface area (TPSA) is 43.9 Å². The van der Waals surface area contributed by atoms with Crippen molar-refractivity contribution >= 4 is 17.5 Å². The van der Waals surface area contributed by atoms with Crippen LogP contribution in [-0.4, -0.2) is 60.9 Å². The van der Waals surface area contributed by atoms with Crippen LogP contribution in [0.5, 0.6) is 0 Å². The normalized spacial score (nSPS) is 17.2. The van der Waals surface area contributed by atoms with Crippen LogP contribution in [0, 0.1) is 0 Å². The Morgan fingerprint density at radius 1 is 1.00 bits per heavy atom. The average molecular weight is 384 g/mol. The van der Waals surface area contributed by atoms with Gasteiger partial charge in [0.25, 0.3) is 0 Å². The van der Waals surface area contributed by atoms with Crippen LogP contribution >= 0.6 is 0 Å². The minimum Gasteiger partial charge on any atom is -0.368 e. The highest BCUT2D eigenvalue weighted by atomic mass is 16.2. The number of carbonyl (C=O) groups is 2. The Labute approximate surface area is 169 Å². The molecule has 0 atom stereocenters. The number of hydrogen-bond acceptors (Lipinski definition) is 3. The monoisotopic (exact) mass is 383 g/mol. The molecule has 1 saturated heterocycles. The Balaban J connectivity index is 1.42. The number of hydrogen-bond donors (Lipinski definition) is 0. The van der Waals surface area contributed by atoms with Gasteiger partial charge in [0.05, 0.1) is 0 Å². The smallest absolute Gasteiger partial charge is 0.224 e. The number of carbonyl (C=O) groups excluding carboxylic acids is 2. The molecule has 1 heterocycles. The largest absolute Gasteiger partial charge is 0.368 e. The fourth-order valence-corrected chi connectivity index (χ4v) is 4.08. The fourth-order valence-electron chi connectivity index (χ4n) is 4.08. The highest BCUT2D eigenvalue weighted by Crippen LogP contribution is 2.20. The van der Waals surface area contributed by atoms with Crippen molar-refractivity contribution in [2.45, 2.75) is 45.4 Å². The summed E-state index contributed by atoms with van der Waals surface area (Å²) in [6, 6.07) is 10.3. The van der Waals surface area contributed by atoms with Crippen molar-refractivity contribution in [1.82, 2.24) is 9.80 Å². The molecular formula is C23H33N3O2. The molecule has 0 radical (unpaired) electrons. The molecule has 28 heavy (non-hydrogen) atoms. The lowest BCUT2D eigenvalue weighted by atomic mass is 9.97. The molecule has 2 amide bonds. The summed E-state index contributed by atoms with van der Waals surface area (Å²) in [7, 11) is 0. The van der Waals surface area contributed by atoms with Crippen LogP contribution in [-0.2, 0) is 9.59 Å². The van der Waals surface area contributed by atoms with Crippen molar-refractivity contribution in [3.8, 4) is 0 Å². The minimum atomic E-state index is 0.0677. The first kappa shape index (κ1) is 20.4. The summed E-state index contributed by atoms with van der Waals surface area (Å²) < 4.78 is 0. The molecule has 0 N–H and O–H groups in total. The van der Waals surface area contributed by atoms with Crippen molar-refractivity contribution in [3.63, 3.8) is 0 Å². The predicted molar refractivity (Wildman–Crippen MR) is 113 cm³/mol. The lowest BCUT2D eigenvalue weighted by molar-refractivity contribution is -0.133. The van der Waals surface area contributed by atoms with Gasteiger partial charge in [0, 0.05) is 58.3 Å². The Bertz CT molecular complexity index is 678. The number of nitrogens with zero attached hydrogens (tertiary/aromatic N) is 3. The third-order valence-corrected chi connectivity index (χ3v) is 5.88. The van der Waals surface area contributed by atoms with Crippen LogP contribution in [0.25, 0.3) is 0 Å². The number of para-hydroxylation sites is 1. The fraction of sp³-hybridized carbons (Fsp3) is 0.565. The second kappa shape index (κ2) is 10.3. The molecular weight excluding hydrogens is 350 g/mol. The number of allylic oxidation sites excluding steroid dienone is 1. The van der Waals surface area contributed by atoms with Crippen LogP contribution in [0.1, 0.15) is 45.4 Å². The van der Waals surface area contributed by atoms with E-state index in [2.05, 4.69) is 23.1 Å². The van der Waals surface area contributed by atoms with Gasteiger partial charge in [-0.1, -0.05) is 29.8 Å². The van der Waals surface area contributed by atoms with E-state index in [9.17, 15) is 9.59 Å². The van der Waals surface area contributed by atoms with Crippen LogP contribution in [0.4, 0.5) is 5.69 Å². The van der Waals surface area contributed by atoms with E-state index in [1.807, 2.05) is 28.0 Å². The second-order valence-corrected chi connectivity index (χ2v) is 7.82. The van der Waals surface area contributed by atoms with Gasteiger partial charge in [-0.2, -0.15) is 0 Å². The Kier molecular flexibility index (Phi) is 7.52. The molecule has 1 aliphatic carbocycles. The Hall–Kier alpha value is -2.30. The minimum absolute atomic E-state index is 0.0677. The van der Waals surface area contributed by atoms with E-state index in [0.29, 0.717) is 13.0 Å². The molecule has 152 valence electrons. The van der Waals surface area contributed by atoms with E-state index in [-0.39, 0.29) is 11.8 Å². The van der Waals surface area contributed by atoms with Crippen molar-refractivity contribution in [1.29, 1.82) is 0 Å². The molecule has 0 bridgehead atoms. The van der Waals surface area contributed by atoms with Gasteiger partial charge in [-0.05, 0) is 44.2 Å². The summed E-state index contributed by atoms with van der Waals surface area (Å²) in [6.45, 7) is 6.09. The quantitative estimate of drug-likeness (QED) is 0.677. The third kappa shape index (κ3) is 5.85. The van der Waals surface area contributed by atoms with Crippen molar-refractivity contribution < 1.29 is 9.59 Å². The van der Waals surface area contributed by atoms with Gasteiger partial charge in [0.15, 0.2) is 0 Å². The average Bonchev–Trinajstić information content (AvgIpc) is 2.75. The molecule has 5 nitrogen and oxygen atoms in total. The van der Waals surface area contributed by atoms with Gasteiger partial charge in [-0.3, -0.25) is 9.59 Å². The number of anilines is 1. The Morgan fingerprint density at radius 2 is 1.75 bits per heavy atom. The van der Waals surface area contributed by atoms with Gasteiger partial charge in [-0.15, -0.1) is 0 Å². The van der Waals surface area contributed by atoms with Crippen molar-refractivity contribution in [2.75, 3.05) is 44.2 Å². The zero-order chi connectivity index (χ0) is 19.8.